The monoisotopic (exact) mass is 330 g/mol. The summed E-state index contributed by atoms with van der Waals surface area (Å²) in [6.07, 6.45) is 5.52. The fraction of sp³-hybridized carbons (Fsp3) is 0.650. The number of amides is 1. The summed E-state index contributed by atoms with van der Waals surface area (Å²) in [5.74, 6) is 2.24. The van der Waals surface area contributed by atoms with Crippen LogP contribution in [0.1, 0.15) is 44.6 Å². The van der Waals surface area contributed by atoms with Gasteiger partial charge in [0.05, 0.1) is 6.54 Å². The van der Waals surface area contributed by atoms with Crippen molar-refractivity contribution in [1.29, 1.82) is 0 Å². The lowest BCUT2D eigenvalue weighted by Crippen LogP contribution is -2.49. The van der Waals surface area contributed by atoms with E-state index in [4.69, 9.17) is 10.5 Å². The normalized spacial score (nSPS) is 30.5. The maximum Gasteiger partial charge on any atom is 0.223 e. The first-order valence-electron chi connectivity index (χ1n) is 9.29. The number of nitrogens with one attached hydrogen (secondary N) is 1. The number of hydrogen-bond acceptors (Lipinski definition) is 3. The Labute approximate surface area is 145 Å². The molecule has 2 bridgehead atoms. The van der Waals surface area contributed by atoms with Gasteiger partial charge in [0, 0.05) is 12.0 Å². The summed E-state index contributed by atoms with van der Waals surface area (Å²) in [6.45, 7) is 4.59. The van der Waals surface area contributed by atoms with E-state index in [9.17, 15) is 4.79 Å². The number of fused-ring (bicyclic) bond motifs is 2. The molecule has 3 atom stereocenters. The van der Waals surface area contributed by atoms with Crippen molar-refractivity contribution in [2.75, 3.05) is 6.54 Å². The van der Waals surface area contributed by atoms with Crippen LogP contribution >= 0.6 is 0 Å². The number of benzene rings is 1. The molecule has 3 rings (SSSR count). The van der Waals surface area contributed by atoms with Crippen LogP contribution in [0.25, 0.3) is 0 Å². The molecular formula is C20H30N2O2. The first-order chi connectivity index (χ1) is 11.5. The van der Waals surface area contributed by atoms with Crippen LogP contribution in [0, 0.1) is 24.7 Å². The number of rotatable bonds is 5. The molecule has 0 aromatic heterocycles. The molecule has 2 aliphatic rings. The van der Waals surface area contributed by atoms with Gasteiger partial charge in [0.25, 0.3) is 0 Å². The van der Waals surface area contributed by atoms with Crippen LogP contribution in [-0.2, 0) is 4.79 Å². The van der Waals surface area contributed by atoms with Gasteiger partial charge in [0.15, 0.2) is 0 Å². The number of carbonyl (C=O) groups excluding carboxylic acids is 1. The molecule has 0 heterocycles. The lowest BCUT2D eigenvalue weighted by molar-refractivity contribution is -0.128. The Morgan fingerprint density at radius 1 is 1.33 bits per heavy atom. The molecule has 2 aliphatic carbocycles. The van der Waals surface area contributed by atoms with Gasteiger partial charge in [-0.1, -0.05) is 18.6 Å². The van der Waals surface area contributed by atoms with E-state index in [-0.39, 0.29) is 17.9 Å². The van der Waals surface area contributed by atoms with Crippen molar-refractivity contribution < 1.29 is 9.53 Å². The van der Waals surface area contributed by atoms with Crippen LogP contribution in [0.2, 0.25) is 0 Å². The van der Waals surface area contributed by atoms with Crippen molar-refractivity contribution in [3.63, 3.8) is 0 Å². The Balaban J connectivity index is 1.47. The quantitative estimate of drug-likeness (QED) is 0.872. The molecule has 4 nitrogen and oxygen atoms in total. The first-order valence-corrected chi connectivity index (χ1v) is 9.29. The van der Waals surface area contributed by atoms with Crippen molar-refractivity contribution in [2.45, 2.75) is 58.1 Å². The number of hydrogen-bond donors (Lipinski definition) is 2. The van der Waals surface area contributed by atoms with E-state index >= 15 is 0 Å². The number of aryl methyl sites for hydroxylation is 1. The third kappa shape index (κ3) is 4.10. The number of nitrogens with two attached hydrogens (primary N) is 1. The topological polar surface area (TPSA) is 64.3 Å². The molecule has 24 heavy (non-hydrogen) atoms. The van der Waals surface area contributed by atoms with Gasteiger partial charge < -0.3 is 15.8 Å². The zero-order chi connectivity index (χ0) is 17.1. The fourth-order valence-corrected chi connectivity index (χ4v) is 4.35. The minimum atomic E-state index is -0.0407. The van der Waals surface area contributed by atoms with Gasteiger partial charge in [-0.25, -0.2) is 0 Å². The second kappa shape index (κ2) is 7.56. The Morgan fingerprint density at radius 3 is 2.71 bits per heavy atom. The molecule has 2 saturated carbocycles. The lowest BCUT2D eigenvalue weighted by atomic mass is 9.65. The third-order valence-electron chi connectivity index (χ3n) is 5.67. The first kappa shape index (κ1) is 17.3. The van der Waals surface area contributed by atoms with Gasteiger partial charge in [-0.2, -0.15) is 0 Å². The summed E-state index contributed by atoms with van der Waals surface area (Å²) in [5, 5.41) is 3.09. The predicted octanol–water partition coefficient (Wildman–Crippen LogP) is 3.03. The minimum Gasteiger partial charge on any atom is -0.489 e. The average molecular weight is 330 g/mol. The summed E-state index contributed by atoms with van der Waals surface area (Å²) in [5.41, 5.74) is 7.49. The summed E-state index contributed by atoms with van der Waals surface area (Å²) >= 11 is 0. The average Bonchev–Trinajstić information content (AvgIpc) is 2.52. The molecule has 2 fully saturated rings. The summed E-state index contributed by atoms with van der Waals surface area (Å²) in [6, 6.07) is 8.31. The van der Waals surface area contributed by atoms with Crippen LogP contribution in [0.3, 0.4) is 0 Å². The van der Waals surface area contributed by atoms with Gasteiger partial charge >= 0.3 is 0 Å². The minimum absolute atomic E-state index is 0.0407. The van der Waals surface area contributed by atoms with Crippen LogP contribution in [0.5, 0.6) is 5.75 Å². The van der Waals surface area contributed by atoms with E-state index in [0.29, 0.717) is 24.4 Å². The standard InChI is InChI=1S/C20H30N2O2/c1-13-5-3-8-18(9-13)24-14(2)12-22-20(23)17-10-15-6-4-7-16(11-17)19(15)21/h3,5,8-9,14-17,19H,4,6-7,10-12,21H2,1-2H3,(H,22,23). The van der Waals surface area contributed by atoms with Crippen molar-refractivity contribution in [1.82, 2.24) is 5.32 Å². The lowest BCUT2D eigenvalue weighted by Gasteiger charge is -2.43. The zero-order valence-electron chi connectivity index (χ0n) is 14.8. The summed E-state index contributed by atoms with van der Waals surface area (Å²) in [7, 11) is 0. The molecular weight excluding hydrogens is 300 g/mol. The van der Waals surface area contributed by atoms with Crippen molar-refractivity contribution >= 4 is 5.91 Å². The molecule has 0 saturated heterocycles. The molecule has 0 aliphatic heterocycles. The van der Waals surface area contributed by atoms with Gasteiger partial charge in [0.1, 0.15) is 11.9 Å². The van der Waals surface area contributed by atoms with Crippen LogP contribution < -0.4 is 15.8 Å². The van der Waals surface area contributed by atoms with Crippen molar-refractivity contribution in [3.8, 4) is 5.75 Å². The molecule has 0 spiro atoms. The molecule has 1 aromatic carbocycles. The van der Waals surface area contributed by atoms with Gasteiger partial charge in [-0.15, -0.1) is 0 Å². The van der Waals surface area contributed by atoms with Crippen molar-refractivity contribution in [2.24, 2.45) is 23.5 Å². The number of carbonyl (C=O) groups is 1. The molecule has 1 amide bonds. The van der Waals surface area contributed by atoms with E-state index in [2.05, 4.69) is 5.32 Å². The summed E-state index contributed by atoms with van der Waals surface area (Å²) in [4.78, 5) is 12.5. The van der Waals surface area contributed by atoms with E-state index in [1.165, 1.54) is 24.8 Å². The van der Waals surface area contributed by atoms with Gasteiger partial charge in [0.2, 0.25) is 5.91 Å². The maximum absolute atomic E-state index is 12.5. The number of ether oxygens (including phenoxy) is 1. The van der Waals surface area contributed by atoms with Gasteiger partial charge in [-0.05, 0) is 69.1 Å². The smallest absolute Gasteiger partial charge is 0.223 e. The summed E-state index contributed by atoms with van der Waals surface area (Å²) < 4.78 is 5.89. The largest absolute Gasteiger partial charge is 0.489 e. The third-order valence-corrected chi connectivity index (χ3v) is 5.67. The van der Waals surface area contributed by atoms with E-state index in [1.54, 1.807) is 0 Å². The fourth-order valence-electron chi connectivity index (χ4n) is 4.35. The van der Waals surface area contributed by atoms with Crippen LogP contribution in [0.15, 0.2) is 24.3 Å². The Hall–Kier alpha value is -1.55. The molecule has 3 unspecified atom stereocenters. The molecule has 4 heteroatoms. The van der Waals surface area contributed by atoms with E-state index in [1.807, 2.05) is 38.1 Å². The van der Waals surface area contributed by atoms with Crippen molar-refractivity contribution in [3.05, 3.63) is 29.8 Å². The van der Waals surface area contributed by atoms with E-state index in [0.717, 1.165) is 18.6 Å². The van der Waals surface area contributed by atoms with Gasteiger partial charge in [-0.3, -0.25) is 4.79 Å². The second-order valence-corrected chi connectivity index (χ2v) is 7.69. The second-order valence-electron chi connectivity index (χ2n) is 7.69. The van der Waals surface area contributed by atoms with Crippen LogP contribution in [-0.4, -0.2) is 24.6 Å². The molecule has 1 aromatic rings. The van der Waals surface area contributed by atoms with Crippen LogP contribution in [0.4, 0.5) is 0 Å². The SMILES string of the molecule is Cc1cccc(OC(C)CNC(=O)C2CC3CCCC(C2)C3N)c1. The highest BCUT2D eigenvalue weighted by Crippen LogP contribution is 2.41. The maximum atomic E-state index is 12.5. The molecule has 3 N–H and O–H groups in total. The highest BCUT2D eigenvalue weighted by atomic mass is 16.5. The zero-order valence-corrected chi connectivity index (χ0v) is 14.8. The Morgan fingerprint density at radius 2 is 2.04 bits per heavy atom. The molecule has 0 radical (unpaired) electrons. The highest BCUT2D eigenvalue weighted by Gasteiger charge is 2.40. The highest BCUT2D eigenvalue weighted by molar-refractivity contribution is 5.78. The van der Waals surface area contributed by atoms with E-state index < -0.39 is 0 Å². The Kier molecular flexibility index (Phi) is 5.44. The molecule has 132 valence electrons. The Bertz CT molecular complexity index is 561. The predicted molar refractivity (Wildman–Crippen MR) is 95.8 cm³/mol.